The zero-order chi connectivity index (χ0) is 11.0. The zero-order valence-corrected chi connectivity index (χ0v) is 10.5. The minimum Gasteiger partial charge on any atom is -0.342 e. The van der Waals surface area contributed by atoms with Crippen molar-refractivity contribution in [3.8, 4) is 0 Å². The third kappa shape index (κ3) is 5.50. The Balaban J connectivity index is 3.74. The second-order valence-electron chi connectivity index (χ2n) is 3.41. The van der Waals surface area contributed by atoms with E-state index >= 15 is 0 Å². The van der Waals surface area contributed by atoms with E-state index in [0.717, 1.165) is 18.8 Å². The van der Waals surface area contributed by atoms with Crippen LogP contribution in [0, 0.1) is 0 Å². The van der Waals surface area contributed by atoms with Crippen LogP contribution in [0.2, 0.25) is 0 Å². The van der Waals surface area contributed by atoms with Crippen molar-refractivity contribution < 1.29 is 4.79 Å². The molecule has 1 unspecified atom stereocenters. The first-order valence-electron chi connectivity index (χ1n) is 5.08. The van der Waals surface area contributed by atoms with Gasteiger partial charge in [-0.3, -0.25) is 4.79 Å². The van der Waals surface area contributed by atoms with Crippen molar-refractivity contribution in [2.75, 3.05) is 32.1 Å². The van der Waals surface area contributed by atoms with E-state index in [9.17, 15) is 4.79 Å². The van der Waals surface area contributed by atoms with E-state index in [-0.39, 0.29) is 5.91 Å². The number of amides is 1. The van der Waals surface area contributed by atoms with Crippen molar-refractivity contribution in [3.63, 3.8) is 0 Å². The van der Waals surface area contributed by atoms with Gasteiger partial charge in [-0.1, -0.05) is 6.92 Å². The molecule has 0 bridgehead atoms. The van der Waals surface area contributed by atoms with Gasteiger partial charge in [0.15, 0.2) is 0 Å². The van der Waals surface area contributed by atoms with Gasteiger partial charge in [-0.05, 0) is 19.7 Å². The molecule has 0 aromatic rings. The third-order valence-corrected chi connectivity index (χ3v) is 3.04. The number of hydrogen-bond donors (Lipinski definition) is 1. The lowest BCUT2D eigenvalue weighted by Crippen LogP contribution is -2.37. The Kier molecular flexibility index (Phi) is 7.99. The van der Waals surface area contributed by atoms with E-state index in [4.69, 9.17) is 0 Å². The molecule has 0 radical (unpaired) electrons. The highest BCUT2D eigenvalue weighted by Gasteiger charge is 2.13. The summed E-state index contributed by atoms with van der Waals surface area (Å²) < 4.78 is 0. The molecule has 0 heterocycles. The summed E-state index contributed by atoms with van der Waals surface area (Å²) in [6.45, 7) is 5.84. The highest BCUT2D eigenvalue weighted by atomic mass is 32.2. The fourth-order valence-electron chi connectivity index (χ4n) is 1.15. The molecule has 0 saturated heterocycles. The number of nitrogens with zero attached hydrogens (tertiary/aromatic N) is 1. The van der Waals surface area contributed by atoms with Gasteiger partial charge in [-0.25, -0.2) is 0 Å². The Hall–Kier alpha value is -0.220. The molecular weight excluding hydrogens is 196 g/mol. The molecule has 1 atom stereocenters. The van der Waals surface area contributed by atoms with E-state index < -0.39 is 0 Å². The predicted octanol–water partition coefficient (Wildman–Crippen LogP) is 1.20. The number of carbonyl (C=O) groups is 1. The Labute approximate surface area is 91.6 Å². The second-order valence-corrected chi connectivity index (χ2v) is 4.32. The van der Waals surface area contributed by atoms with E-state index in [1.54, 1.807) is 11.8 Å². The molecule has 0 aromatic carbocycles. The van der Waals surface area contributed by atoms with Gasteiger partial charge < -0.3 is 10.2 Å². The molecule has 0 aliphatic rings. The quantitative estimate of drug-likeness (QED) is 0.652. The van der Waals surface area contributed by atoms with Crippen LogP contribution in [-0.4, -0.2) is 49.0 Å². The largest absolute Gasteiger partial charge is 0.342 e. The standard InChI is InChI=1S/C10H22N2OS/c1-5-11-7-6-10(13)12(3)9(2)8-14-4/h9,11H,5-8H2,1-4H3. The normalized spacial score (nSPS) is 12.6. The number of thioether (sulfide) groups is 1. The average Bonchev–Trinajstić information content (AvgIpc) is 2.17. The maximum Gasteiger partial charge on any atom is 0.223 e. The van der Waals surface area contributed by atoms with Crippen LogP contribution in [0.4, 0.5) is 0 Å². The molecule has 0 aliphatic heterocycles. The number of hydrogen-bond acceptors (Lipinski definition) is 3. The Morgan fingerprint density at radius 2 is 2.21 bits per heavy atom. The topological polar surface area (TPSA) is 32.3 Å². The van der Waals surface area contributed by atoms with Gasteiger partial charge in [0.05, 0.1) is 0 Å². The summed E-state index contributed by atoms with van der Waals surface area (Å²) in [7, 11) is 1.88. The van der Waals surface area contributed by atoms with Crippen molar-refractivity contribution in [1.29, 1.82) is 0 Å². The molecule has 84 valence electrons. The van der Waals surface area contributed by atoms with Gasteiger partial charge in [-0.15, -0.1) is 0 Å². The van der Waals surface area contributed by atoms with Gasteiger partial charge in [0.2, 0.25) is 5.91 Å². The van der Waals surface area contributed by atoms with Gasteiger partial charge in [0, 0.05) is 31.8 Å². The van der Waals surface area contributed by atoms with E-state index in [2.05, 4.69) is 18.5 Å². The fourth-order valence-corrected chi connectivity index (χ4v) is 1.85. The lowest BCUT2D eigenvalue weighted by Gasteiger charge is -2.24. The highest BCUT2D eigenvalue weighted by Crippen LogP contribution is 2.04. The Morgan fingerprint density at radius 1 is 1.57 bits per heavy atom. The lowest BCUT2D eigenvalue weighted by atomic mass is 10.3. The molecule has 0 aliphatic carbocycles. The van der Waals surface area contributed by atoms with Crippen molar-refractivity contribution in [1.82, 2.24) is 10.2 Å². The molecule has 1 N–H and O–H groups in total. The molecule has 1 amide bonds. The Morgan fingerprint density at radius 3 is 2.71 bits per heavy atom. The molecule has 0 rings (SSSR count). The van der Waals surface area contributed by atoms with Crippen LogP contribution in [0.1, 0.15) is 20.3 Å². The van der Waals surface area contributed by atoms with Gasteiger partial charge >= 0.3 is 0 Å². The van der Waals surface area contributed by atoms with Crippen LogP contribution in [0.15, 0.2) is 0 Å². The summed E-state index contributed by atoms with van der Waals surface area (Å²) in [5.74, 6) is 1.23. The summed E-state index contributed by atoms with van der Waals surface area (Å²) in [6, 6.07) is 0.333. The second kappa shape index (κ2) is 8.12. The minimum absolute atomic E-state index is 0.229. The zero-order valence-electron chi connectivity index (χ0n) is 9.67. The molecule has 0 saturated carbocycles. The minimum atomic E-state index is 0.229. The van der Waals surface area contributed by atoms with E-state index in [0.29, 0.717) is 12.5 Å². The molecule has 0 aromatic heterocycles. The monoisotopic (exact) mass is 218 g/mol. The summed E-state index contributed by atoms with van der Waals surface area (Å²) in [5.41, 5.74) is 0. The predicted molar refractivity (Wildman–Crippen MR) is 63.8 cm³/mol. The molecule has 0 fully saturated rings. The maximum absolute atomic E-state index is 11.6. The third-order valence-electron chi connectivity index (χ3n) is 2.23. The van der Waals surface area contributed by atoms with Crippen molar-refractivity contribution in [2.45, 2.75) is 26.3 Å². The first-order chi connectivity index (χ1) is 6.63. The van der Waals surface area contributed by atoms with E-state index in [1.165, 1.54) is 0 Å². The summed E-state index contributed by atoms with van der Waals surface area (Å²) in [6.07, 6.45) is 2.66. The Bertz CT molecular complexity index is 164. The first kappa shape index (κ1) is 13.8. The van der Waals surface area contributed by atoms with Gasteiger partial charge in [0.25, 0.3) is 0 Å². The van der Waals surface area contributed by atoms with Crippen LogP contribution in [-0.2, 0) is 4.79 Å². The van der Waals surface area contributed by atoms with Gasteiger partial charge in [-0.2, -0.15) is 11.8 Å². The molecule has 4 heteroatoms. The average molecular weight is 218 g/mol. The van der Waals surface area contributed by atoms with Crippen LogP contribution in [0.3, 0.4) is 0 Å². The van der Waals surface area contributed by atoms with E-state index in [1.807, 2.05) is 18.9 Å². The fraction of sp³-hybridized carbons (Fsp3) is 0.900. The molecule has 0 spiro atoms. The van der Waals surface area contributed by atoms with Crippen LogP contribution in [0.5, 0.6) is 0 Å². The number of rotatable bonds is 7. The molecular formula is C10H22N2OS. The highest BCUT2D eigenvalue weighted by molar-refractivity contribution is 7.98. The summed E-state index contributed by atoms with van der Waals surface area (Å²) in [5, 5.41) is 3.15. The van der Waals surface area contributed by atoms with Crippen LogP contribution < -0.4 is 5.32 Å². The van der Waals surface area contributed by atoms with Crippen LogP contribution in [0.25, 0.3) is 0 Å². The van der Waals surface area contributed by atoms with Crippen molar-refractivity contribution >= 4 is 17.7 Å². The number of carbonyl (C=O) groups excluding carboxylic acids is 1. The summed E-state index contributed by atoms with van der Waals surface area (Å²) in [4.78, 5) is 13.5. The van der Waals surface area contributed by atoms with Gasteiger partial charge in [0.1, 0.15) is 0 Å². The number of nitrogens with one attached hydrogen (secondary N) is 1. The van der Waals surface area contributed by atoms with Crippen molar-refractivity contribution in [3.05, 3.63) is 0 Å². The summed E-state index contributed by atoms with van der Waals surface area (Å²) >= 11 is 1.77. The first-order valence-corrected chi connectivity index (χ1v) is 6.48. The van der Waals surface area contributed by atoms with Crippen molar-refractivity contribution in [2.24, 2.45) is 0 Å². The SMILES string of the molecule is CCNCCC(=O)N(C)C(C)CSC. The maximum atomic E-state index is 11.6. The smallest absolute Gasteiger partial charge is 0.223 e. The molecule has 14 heavy (non-hydrogen) atoms. The van der Waals surface area contributed by atoms with Crippen LogP contribution >= 0.6 is 11.8 Å². The lowest BCUT2D eigenvalue weighted by molar-refractivity contribution is -0.131. The molecule has 3 nitrogen and oxygen atoms in total.